The first-order valence-corrected chi connectivity index (χ1v) is 5.37. The number of hydrogen-bond donors (Lipinski definition) is 0. The fraction of sp³-hybridized carbons (Fsp3) is 0. The maximum Gasteiger partial charge on any atom is 0.0589 e. The van der Waals surface area contributed by atoms with Crippen LogP contribution in [-0.2, 0) is 0 Å². The van der Waals surface area contributed by atoms with Crippen molar-refractivity contribution in [3.63, 3.8) is 0 Å². The summed E-state index contributed by atoms with van der Waals surface area (Å²) in [5, 5.41) is 1.24. The van der Waals surface area contributed by atoms with Gasteiger partial charge in [-0.2, -0.15) is 0 Å². The molecule has 0 bridgehead atoms. The number of rotatable bonds is 0. The van der Waals surface area contributed by atoms with Crippen LogP contribution in [0.3, 0.4) is 0 Å². The molecule has 1 rings (SSSR count). The second-order valence-corrected chi connectivity index (χ2v) is 2.08. The second kappa shape index (κ2) is 6.63. The molecule has 0 radical (unpaired) electrons. The summed E-state index contributed by atoms with van der Waals surface area (Å²) in [7, 11) is 5.15. The SMILES string of the molecule is Pc1ccccc1.[3H]PP. The largest absolute Gasteiger partial charge is 0.118 e. The third kappa shape index (κ3) is 4.98. The summed E-state index contributed by atoms with van der Waals surface area (Å²) in [5.74, 6) is 0. The van der Waals surface area contributed by atoms with E-state index in [0.29, 0.717) is 0 Å². The van der Waals surface area contributed by atoms with Crippen molar-refractivity contribution in [3.8, 4) is 0 Å². The minimum Gasteiger partial charge on any atom is -0.118 e. The minimum atomic E-state index is 0.250. The summed E-state index contributed by atoms with van der Waals surface area (Å²) >= 11 is 0. The molecule has 3 atom stereocenters. The van der Waals surface area contributed by atoms with Crippen LogP contribution in [0.5, 0.6) is 0 Å². The van der Waals surface area contributed by atoms with Crippen LogP contribution >= 0.6 is 27.0 Å². The third-order valence-corrected chi connectivity index (χ3v) is 1.18. The molecular weight excluding hydrogens is 165 g/mol. The summed E-state index contributed by atoms with van der Waals surface area (Å²) < 4.78 is 6.20. The van der Waals surface area contributed by atoms with Crippen LogP contribution in [-0.4, -0.2) is 1.28 Å². The van der Waals surface area contributed by atoms with Gasteiger partial charge in [-0.1, -0.05) is 30.3 Å². The lowest BCUT2D eigenvalue weighted by atomic mass is 10.4. The molecule has 0 N–H and O–H groups in total. The van der Waals surface area contributed by atoms with Gasteiger partial charge in [0.1, 0.15) is 0 Å². The van der Waals surface area contributed by atoms with Crippen molar-refractivity contribution < 1.29 is 0 Å². The van der Waals surface area contributed by atoms with Gasteiger partial charge in [0, 0.05) is 0 Å². The summed E-state index contributed by atoms with van der Waals surface area (Å²) in [6.45, 7) is 0. The molecule has 0 nitrogen and oxygen atoms in total. The molecule has 3 heteroatoms. The van der Waals surface area contributed by atoms with Gasteiger partial charge in [-0.3, -0.25) is 0 Å². The van der Waals surface area contributed by atoms with E-state index in [-0.39, 0.29) is 8.87 Å². The lowest BCUT2D eigenvalue weighted by Crippen LogP contribution is -1.82. The Morgan fingerprint density at radius 2 is 1.67 bits per heavy atom. The summed E-state index contributed by atoms with van der Waals surface area (Å²) in [5.41, 5.74) is 0. The van der Waals surface area contributed by atoms with Gasteiger partial charge in [0.15, 0.2) is 0 Å². The van der Waals surface area contributed by atoms with E-state index in [1.54, 1.807) is 0 Å². The van der Waals surface area contributed by atoms with Crippen molar-refractivity contribution in [1.29, 1.82) is 1.28 Å². The van der Waals surface area contributed by atoms with Crippen molar-refractivity contribution in [1.82, 2.24) is 0 Å². The van der Waals surface area contributed by atoms with Gasteiger partial charge in [0.2, 0.25) is 0 Å². The van der Waals surface area contributed by atoms with Crippen molar-refractivity contribution >= 4 is 32.3 Å². The molecule has 1 aromatic rings. The van der Waals surface area contributed by atoms with E-state index in [2.05, 4.69) is 18.2 Å². The van der Waals surface area contributed by atoms with Gasteiger partial charge >= 0.3 is 0 Å². The topological polar surface area (TPSA) is 0 Å². The molecule has 50 valence electrons. The lowest BCUT2D eigenvalue weighted by Gasteiger charge is -1.82. The molecule has 3 unspecified atom stereocenters. The van der Waals surface area contributed by atoms with Crippen LogP contribution in [0.4, 0.5) is 0 Å². The smallest absolute Gasteiger partial charge is 0.0589 e. The molecule has 0 saturated carbocycles. The molecule has 0 aliphatic heterocycles. The molecule has 0 spiro atoms. The molecule has 1 aromatic carbocycles. The summed E-state index contributed by atoms with van der Waals surface area (Å²) in [4.78, 5) is 0. The minimum absolute atomic E-state index is 0.250. The van der Waals surface area contributed by atoms with Gasteiger partial charge in [-0.25, -0.2) is 0 Å². The zero-order valence-electron chi connectivity index (χ0n) is 6.04. The normalized spacial score (nSPS) is 10.2. The monoisotopic (exact) mass is 178 g/mol. The molecule has 0 aliphatic carbocycles. The van der Waals surface area contributed by atoms with Crippen LogP contribution in [0, 0.1) is 0 Å². The Morgan fingerprint density at radius 3 is 1.89 bits per heavy atom. The predicted molar refractivity (Wildman–Crippen MR) is 55.2 cm³/mol. The standard InChI is InChI=1S/C6H7P.H4P2/c7-6-4-2-1-3-5-6;1-2/h1-5H,7H2;1-2H2/i;1T. The van der Waals surface area contributed by atoms with Crippen LogP contribution in [0.1, 0.15) is 0 Å². The lowest BCUT2D eigenvalue weighted by molar-refractivity contribution is 1.78. The van der Waals surface area contributed by atoms with Crippen LogP contribution < -0.4 is 5.30 Å². The molecule has 0 heterocycles. The van der Waals surface area contributed by atoms with Crippen LogP contribution in [0.25, 0.3) is 0 Å². The average molecular weight is 178 g/mol. The van der Waals surface area contributed by atoms with Crippen LogP contribution in [0.2, 0.25) is 0 Å². The average Bonchev–Trinajstić information content (AvgIpc) is 1.91. The highest BCUT2D eigenvalue weighted by atomic mass is 32.0. The molecule has 0 amide bonds. The van der Waals surface area contributed by atoms with Gasteiger partial charge < -0.3 is 0 Å². The molecule has 0 aliphatic rings. The molecule has 9 heavy (non-hydrogen) atoms. The van der Waals surface area contributed by atoms with E-state index in [4.69, 9.17) is 1.28 Å². The Balaban J connectivity index is 0.000000236. The van der Waals surface area contributed by atoms with Crippen LogP contribution in [0.15, 0.2) is 30.3 Å². The highest BCUT2D eigenvalue weighted by molar-refractivity contribution is 7.92. The van der Waals surface area contributed by atoms with Gasteiger partial charge in [0.05, 0.1) is 1.28 Å². The zero-order valence-corrected chi connectivity index (χ0v) is 8.35. The van der Waals surface area contributed by atoms with Gasteiger partial charge in [-0.05, 0) is 5.30 Å². The first kappa shape index (κ1) is 7.62. The Bertz CT molecular complexity index is 154. The summed E-state index contributed by atoms with van der Waals surface area (Å²) in [6.07, 6.45) is 0. The van der Waals surface area contributed by atoms with Gasteiger partial charge in [-0.15, -0.1) is 27.0 Å². The third-order valence-electron chi connectivity index (χ3n) is 0.800. The van der Waals surface area contributed by atoms with E-state index < -0.39 is 0 Å². The molecule has 0 saturated heterocycles. The highest BCUT2D eigenvalue weighted by Crippen LogP contribution is 1.86. The van der Waals surface area contributed by atoms with E-state index in [1.807, 2.05) is 30.3 Å². The molecular formula is C6H11P3. The van der Waals surface area contributed by atoms with E-state index in [1.165, 1.54) is 5.30 Å². The first-order chi connectivity index (χ1) is 4.81. The van der Waals surface area contributed by atoms with E-state index >= 15 is 0 Å². The molecule has 0 fully saturated rings. The van der Waals surface area contributed by atoms with Crippen molar-refractivity contribution in [2.24, 2.45) is 0 Å². The Hall–Kier alpha value is 0.510. The number of hydrogen-bond acceptors (Lipinski definition) is 0. The van der Waals surface area contributed by atoms with Crippen molar-refractivity contribution in [3.05, 3.63) is 30.3 Å². The Morgan fingerprint density at radius 1 is 1.22 bits per heavy atom. The Labute approximate surface area is 64.6 Å². The zero-order chi connectivity index (χ0) is 7.82. The maximum atomic E-state index is 6.20. The van der Waals surface area contributed by atoms with Gasteiger partial charge in [0.25, 0.3) is 0 Å². The highest BCUT2D eigenvalue weighted by Gasteiger charge is 1.72. The van der Waals surface area contributed by atoms with Crippen molar-refractivity contribution in [2.45, 2.75) is 0 Å². The second-order valence-electron chi connectivity index (χ2n) is 1.41. The quantitative estimate of drug-likeness (QED) is 0.531. The van der Waals surface area contributed by atoms with E-state index in [0.717, 1.165) is 0 Å². The fourth-order valence-corrected chi connectivity index (χ4v) is 0.675. The Kier molecular flexibility index (Phi) is 5.61. The predicted octanol–water partition coefficient (Wildman–Crippen LogP) is 1.84. The fourth-order valence-electron chi connectivity index (χ4n) is 0.453. The summed E-state index contributed by atoms with van der Waals surface area (Å²) in [6, 6.07) is 10.1. The molecule has 0 aromatic heterocycles. The van der Waals surface area contributed by atoms with Crippen molar-refractivity contribution in [2.75, 3.05) is 0 Å². The van der Waals surface area contributed by atoms with E-state index in [9.17, 15) is 0 Å². The first-order valence-electron chi connectivity index (χ1n) is 2.99. The maximum absolute atomic E-state index is 6.20. The number of benzene rings is 1.